The van der Waals surface area contributed by atoms with Gasteiger partial charge in [0.15, 0.2) is 0 Å². The molecule has 0 aliphatic rings. The number of hydrogen-bond donors (Lipinski definition) is 1. The molecule has 100 valence electrons. The summed E-state index contributed by atoms with van der Waals surface area (Å²) in [6.07, 6.45) is 2.77. The van der Waals surface area contributed by atoms with Gasteiger partial charge in [-0.15, -0.1) is 0 Å². The molecule has 0 unspecified atom stereocenters. The molecule has 0 saturated heterocycles. The van der Waals surface area contributed by atoms with Gasteiger partial charge >= 0.3 is 0 Å². The lowest BCUT2D eigenvalue weighted by Crippen LogP contribution is -2.13. The van der Waals surface area contributed by atoms with Crippen molar-refractivity contribution in [1.29, 1.82) is 0 Å². The molecule has 0 spiro atoms. The van der Waals surface area contributed by atoms with Crippen LogP contribution in [0.25, 0.3) is 0 Å². The SMILES string of the molecule is CCc1ccc(N(C)c2ncc(Br)cc2CO)cc1. The Labute approximate surface area is 122 Å². The average Bonchev–Trinajstić information content (AvgIpc) is 2.46. The molecular formula is C15H17BrN2O. The second kappa shape index (κ2) is 6.17. The van der Waals surface area contributed by atoms with E-state index >= 15 is 0 Å². The molecule has 1 aromatic heterocycles. The van der Waals surface area contributed by atoms with Gasteiger partial charge in [0.1, 0.15) is 5.82 Å². The number of aliphatic hydroxyl groups is 1. The second-order valence-corrected chi connectivity index (χ2v) is 5.29. The number of benzene rings is 1. The van der Waals surface area contributed by atoms with Crippen molar-refractivity contribution >= 4 is 27.4 Å². The van der Waals surface area contributed by atoms with E-state index in [2.05, 4.69) is 52.1 Å². The van der Waals surface area contributed by atoms with Crippen LogP contribution in [0.2, 0.25) is 0 Å². The van der Waals surface area contributed by atoms with E-state index in [0.717, 1.165) is 28.0 Å². The lowest BCUT2D eigenvalue weighted by Gasteiger charge is -2.21. The van der Waals surface area contributed by atoms with E-state index in [1.54, 1.807) is 6.20 Å². The fourth-order valence-electron chi connectivity index (χ4n) is 1.97. The van der Waals surface area contributed by atoms with E-state index in [1.165, 1.54) is 5.56 Å². The minimum absolute atomic E-state index is 0.0286. The van der Waals surface area contributed by atoms with Crippen molar-refractivity contribution < 1.29 is 5.11 Å². The Bertz CT molecular complexity index is 555. The first kappa shape index (κ1) is 14.0. The van der Waals surface area contributed by atoms with Crippen LogP contribution in [0, 0.1) is 0 Å². The third-order valence-electron chi connectivity index (χ3n) is 3.13. The molecular weight excluding hydrogens is 304 g/mol. The molecule has 0 saturated carbocycles. The van der Waals surface area contributed by atoms with Crippen LogP contribution in [-0.2, 0) is 13.0 Å². The smallest absolute Gasteiger partial charge is 0.138 e. The summed E-state index contributed by atoms with van der Waals surface area (Å²) in [4.78, 5) is 6.37. The molecule has 0 bridgehead atoms. The molecule has 1 heterocycles. The Balaban J connectivity index is 2.34. The number of aromatic nitrogens is 1. The number of aryl methyl sites for hydroxylation is 1. The van der Waals surface area contributed by atoms with E-state index < -0.39 is 0 Å². The number of nitrogens with zero attached hydrogens (tertiary/aromatic N) is 2. The third-order valence-corrected chi connectivity index (χ3v) is 3.56. The zero-order valence-corrected chi connectivity index (χ0v) is 12.7. The minimum Gasteiger partial charge on any atom is -0.392 e. The molecule has 3 nitrogen and oxygen atoms in total. The zero-order valence-electron chi connectivity index (χ0n) is 11.1. The molecule has 0 atom stereocenters. The summed E-state index contributed by atoms with van der Waals surface area (Å²) in [5.41, 5.74) is 3.17. The Morgan fingerprint density at radius 3 is 2.53 bits per heavy atom. The van der Waals surface area contributed by atoms with Gasteiger partial charge in [-0.05, 0) is 46.1 Å². The molecule has 4 heteroatoms. The van der Waals surface area contributed by atoms with E-state index in [4.69, 9.17) is 0 Å². The third kappa shape index (κ3) is 3.14. The lowest BCUT2D eigenvalue weighted by atomic mass is 10.1. The highest BCUT2D eigenvalue weighted by molar-refractivity contribution is 9.10. The standard InChI is InChI=1S/C15H17BrN2O/c1-3-11-4-6-14(7-5-11)18(2)15-12(10-19)8-13(16)9-17-15/h4-9,19H,3,10H2,1-2H3. The summed E-state index contributed by atoms with van der Waals surface area (Å²) in [6.45, 7) is 2.11. The van der Waals surface area contributed by atoms with Gasteiger partial charge in [-0.2, -0.15) is 0 Å². The molecule has 0 aliphatic carbocycles. The van der Waals surface area contributed by atoms with Crippen molar-refractivity contribution in [2.45, 2.75) is 20.0 Å². The van der Waals surface area contributed by atoms with Crippen LogP contribution in [0.4, 0.5) is 11.5 Å². The summed E-state index contributed by atoms with van der Waals surface area (Å²) < 4.78 is 0.870. The van der Waals surface area contributed by atoms with Gasteiger partial charge in [-0.3, -0.25) is 0 Å². The number of anilines is 2. The van der Waals surface area contributed by atoms with Gasteiger partial charge in [0.25, 0.3) is 0 Å². The highest BCUT2D eigenvalue weighted by Gasteiger charge is 2.11. The van der Waals surface area contributed by atoms with Crippen molar-refractivity contribution in [3.8, 4) is 0 Å². The molecule has 0 fully saturated rings. The maximum atomic E-state index is 9.43. The molecule has 0 radical (unpaired) electrons. The molecule has 0 aliphatic heterocycles. The monoisotopic (exact) mass is 320 g/mol. The maximum Gasteiger partial charge on any atom is 0.138 e. The Kier molecular flexibility index (Phi) is 4.56. The van der Waals surface area contributed by atoms with Gasteiger partial charge in [0, 0.05) is 29.0 Å². The number of hydrogen-bond acceptors (Lipinski definition) is 3. The van der Waals surface area contributed by atoms with Crippen LogP contribution in [0.5, 0.6) is 0 Å². The number of aliphatic hydroxyl groups excluding tert-OH is 1. The highest BCUT2D eigenvalue weighted by atomic mass is 79.9. The fraction of sp³-hybridized carbons (Fsp3) is 0.267. The predicted octanol–water partition coefficient (Wildman–Crippen LogP) is 3.67. The largest absolute Gasteiger partial charge is 0.392 e. The van der Waals surface area contributed by atoms with Gasteiger partial charge in [-0.25, -0.2) is 4.98 Å². The first-order valence-corrected chi connectivity index (χ1v) is 7.03. The molecule has 2 aromatic rings. The second-order valence-electron chi connectivity index (χ2n) is 4.37. The molecule has 1 aromatic carbocycles. The van der Waals surface area contributed by atoms with E-state index in [1.807, 2.05) is 18.0 Å². The van der Waals surface area contributed by atoms with Crippen molar-refractivity contribution in [2.24, 2.45) is 0 Å². The topological polar surface area (TPSA) is 36.4 Å². The number of halogens is 1. The number of rotatable bonds is 4. The van der Waals surface area contributed by atoms with E-state index in [-0.39, 0.29) is 6.61 Å². The van der Waals surface area contributed by atoms with Crippen molar-refractivity contribution in [2.75, 3.05) is 11.9 Å². The van der Waals surface area contributed by atoms with E-state index in [9.17, 15) is 5.11 Å². The average molecular weight is 321 g/mol. The minimum atomic E-state index is -0.0286. The lowest BCUT2D eigenvalue weighted by molar-refractivity contribution is 0.282. The van der Waals surface area contributed by atoms with Crippen LogP contribution >= 0.6 is 15.9 Å². The molecule has 2 rings (SSSR count). The molecule has 0 amide bonds. The summed E-state index contributed by atoms with van der Waals surface area (Å²) >= 11 is 3.37. The first-order chi connectivity index (χ1) is 9.15. The first-order valence-electron chi connectivity index (χ1n) is 6.23. The predicted molar refractivity (Wildman–Crippen MR) is 81.7 cm³/mol. The Hall–Kier alpha value is -1.39. The van der Waals surface area contributed by atoms with Gasteiger partial charge in [0.05, 0.1) is 6.61 Å². The van der Waals surface area contributed by atoms with Gasteiger partial charge in [-0.1, -0.05) is 19.1 Å². The van der Waals surface area contributed by atoms with Crippen molar-refractivity contribution in [1.82, 2.24) is 4.98 Å². The van der Waals surface area contributed by atoms with Crippen molar-refractivity contribution in [3.05, 3.63) is 52.1 Å². The van der Waals surface area contributed by atoms with Crippen LogP contribution in [-0.4, -0.2) is 17.1 Å². The summed E-state index contributed by atoms with van der Waals surface area (Å²) in [5, 5.41) is 9.43. The van der Waals surface area contributed by atoms with Crippen LogP contribution in [0.1, 0.15) is 18.1 Å². The normalized spacial score (nSPS) is 10.5. The summed E-state index contributed by atoms with van der Waals surface area (Å²) in [6, 6.07) is 10.3. The maximum absolute atomic E-state index is 9.43. The quantitative estimate of drug-likeness (QED) is 0.933. The molecule has 19 heavy (non-hydrogen) atoms. The highest BCUT2D eigenvalue weighted by Crippen LogP contribution is 2.27. The summed E-state index contributed by atoms with van der Waals surface area (Å²) in [7, 11) is 1.95. The van der Waals surface area contributed by atoms with Crippen LogP contribution in [0.3, 0.4) is 0 Å². The van der Waals surface area contributed by atoms with Crippen LogP contribution < -0.4 is 4.90 Å². The van der Waals surface area contributed by atoms with Crippen LogP contribution in [0.15, 0.2) is 41.0 Å². The van der Waals surface area contributed by atoms with Crippen molar-refractivity contribution in [3.63, 3.8) is 0 Å². The van der Waals surface area contributed by atoms with E-state index in [0.29, 0.717) is 0 Å². The van der Waals surface area contributed by atoms with Gasteiger partial charge in [0.2, 0.25) is 0 Å². The van der Waals surface area contributed by atoms with Gasteiger partial charge < -0.3 is 10.0 Å². The molecule has 1 N–H and O–H groups in total. The summed E-state index contributed by atoms with van der Waals surface area (Å²) in [5.74, 6) is 0.773. The zero-order chi connectivity index (χ0) is 13.8. The Morgan fingerprint density at radius 1 is 1.26 bits per heavy atom. The Morgan fingerprint density at radius 2 is 1.95 bits per heavy atom. The fourth-order valence-corrected chi connectivity index (χ4v) is 2.35. The number of pyridine rings is 1.